The van der Waals surface area contributed by atoms with Gasteiger partial charge in [-0.15, -0.1) is 0 Å². The van der Waals surface area contributed by atoms with Gasteiger partial charge in [0.1, 0.15) is 18.1 Å². The highest BCUT2D eigenvalue weighted by Gasteiger charge is 2.07. The number of pyridine rings is 1. The van der Waals surface area contributed by atoms with Crippen LogP contribution in [0.25, 0.3) is 0 Å². The Morgan fingerprint density at radius 2 is 2.25 bits per heavy atom. The van der Waals surface area contributed by atoms with Gasteiger partial charge in [0.25, 0.3) is 0 Å². The predicted octanol–water partition coefficient (Wildman–Crippen LogP) is 2.53. The summed E-state index contributed by atoms with van der Waals surface area (Å²) in [4.78, 5) is 14.5. The first-order valence-electron chi connectivity index (χ1n) is 6.46. The van der Waals surface area contributed by atoms with Crippen molar-refractivity contribution in [3.05, 3.63) is 42.0 Å². The maximum atomic E-state index is 10.7. The normalized spacial score (nSPS) is 12.1. The van der Waals surface area contributed by atoms with Crippen molar-refractivity contribution in [2.75, 3.05) is 0 Å². The molecule has 0 saturated heterocycles. The maximum Gasteiger partial charge on any atom is 0.354 e. The van der Waals surface area contributed by atoms with E-state index in [0.29, 0.717) is 18.4 Å². The molecule has 0 aliphatic carbocycles. The van der Waals surface area contributed by atoms with Gasteiger partial charge in [-0.05, 0) is 31.5 Å². The molecule has 0 aliphatic rings. The number of aromatic nitrogens is 3. The first kappa shape index (κ1) is 14.0. The lowest BCUT2D eigenvalue weighted by atomic mass is 10.3. The summed E-state index contributed by atoms with van der Waals surface area (Å²) in [6.45, 7) is 4.54. The smallest absolute Gasteiger partial charge is 0.354 e. The second-order valence-corrected chi connectivity index (χ2v) is 4.52. The Hall–Kier alpha value is -2.37. The molecular weight excluding hydrogens is 258 g/mol. The van der Waals surface area contributed by atoms with E-state index in [4.69, 9.17) is 9.84 Å². The van der Waals surface area contributed by atoms with Gasteiger partial charge in [-0.2, -0.15) is 5.10 Å². The van der Waals surface area contributed by atoms with E-state index in [-0.39, 0.29) is 5.69 Å². The molecule has 2 heterocycles. The highest BCUT2D eigenvalue weighted by molar-refractivity contribution is 5.85. The van der Waals surface area contributed by atoms with Crippen LogP contribution in [0.15, 0.2) is 30.6 Å². The first-order valence-corrected chi connectivity index (χ1v) is 6.46. The Labute approximate surface area is 117 Å². The van der Waals surface area contributed by atoms with Crippen molar-refractivity contribution < 1.29 is 14.6 Å². The van der Waals surface area contributed by atoms with E-state index >= 15 is 0 Å². The van der Waals surface area contributed by atoms with Gasteiger partial charge in [-0.1, -0.05) is 6.92 Å². The van der Waals surface area contributed by atoms with Gasteiger partial charge in [0.15, 0.2) is 0 Å². The third kappa shape index (κ3) is 3.34. The predicted molar refractivity (Wildman–Crippen MR) is 72.8 cm³/mol. The number of hydrogen-bond donors (Lipinski definition) is 1. The second kappa shape index (κ2) is 6.18. The fraction of sp³-hybridized carbons (Fsp3) is 0.357. The molecule has 0 saturated carbocycles. The van der Waals surface area contributed by atoms with Crippen LogP contribution in [0.5, 0.6) is 5.75 Å². The van der Waals surface area contributed by atoms with E-state index < -0.39 is 5.97 Å². The van der Waals surface area contributed by atoms with Gasteiger partial charge in [0, 0.05) is 12.2 Å². The molecule has 0 radical (unpaired) electrons. The SMILES string of the molecule is CCC(C)n1ccc(COc2ccc(C(=O)O)nc2)n1. The summed E-state index contributed by atoms with van der Waals surface area (Å²) < 4.78 is 7.43. The number of aromatic carboxylic acids is 1. The lowest BCUT2D eigenvalue weighted by molar-refractivity contribution is 0.0690. The summed E-state index contributed by atoms with van der Waals surface area (Å²) in [6.07, 6.45) is 4.34. The minimum Gasteiger partial charge on any atom is -0.486 e. The van der Waals surface area contributed by atoms with E-state index in [0.717, 1.165) is 12.1 Å². The van der Waals surface area contributed by atoms with E-state index in [1.54, 1.807) is 6.07 Å². The molecule has 6 heteroatoms. The zero-order chi connectivity index (χ0) is 14.5. The molecule has 20 heavy (non-hydrogen) atoms. The molecule has 0 aliphatic heterocycles. The average Bonchev–Trinajstić information content (AvgIpc) is 2.93. The van der Waals surface area contributed by atoms with Crippen LogP contribution in [-0.2, 0) is 6.61 Å². The Balaban J connectivity index is 1.94. The molecule has 0 amide bonds. The number of rotatable bonds is 6. The molecule has 106 valence electrons. The first-order chi connectivity index (χ1) is 9.60. The third-order valence-electron chi connectivity index (χ3n) is 3.05. The molecule has 2 rings (SSSR count). The molecule has 0 spiro atoms. The van der Waals surface area contributed by atoms with Crippen LogP contribution >= 0.6 is 0 Å². The molecule has 1 unspecified atom stereocenters. The van der Waals surface area contributed by atoms with E-state index in [9.17, 15) is 4.79 Å². The van der Waals surface area contributed by atoms with Gasteiger partial charge in [-0.3, -0.25) is 4.68 Å². The lowest BCUT2D eigenvalue weighted by Gasteiger charge is -2.08. The van der Waals surface area contributed by atoms with Crippen LogP contribution < -0.4 is 4.74 Å². The molecule has 0 aromatic carbocycles. The fourth-order valence-electron chi connectivity index (χ4n) is 1.64. The summed E-state index contributed by atoms with van der Waals surface area (Å²) in [6, 6.07) is 5.27. The largest absolute Gasteiger partial charge is 0.486 e. The number of carbonyl (C=O) groups is 1. The Kier molecular flexibility index (Phi) is 4.34. The second-order valence-electron chi connectivity index (χ2n) is 4.52. The summed E-state index contributed by atoms with van der Waals surface area (Å²) in [7, 11) is 0. The molecular formula is C14H17N3O3. The zero-order valence-corrected chi connectivity index (χ0v) is 11.5. The summed E-state index contributed by atoms with van der Waals surface area (Å²) >= 11 is 0. The number of carboxylic acid groups (broad SMARTS) is 1. The van der Waals surface area contributed by atoms with E-state index in [1.165, 1.54) is 12.3 Å². The molecule has 0 fully saturated rings. The summed E-state index contributed by atoms with van der Waals surface area (Å²) in [5.74, 6) is -0.531. The van der Waals surface area contributed by atoms with Crippen LogP contribution in [-0.4, -0.2) is 25.8 Å². The minimum absolute atomic E-state index is 0.00148. The molecule has 0 bridgehead atoms. The van der Waals surface area contributed by atoms with Crippen LogP contribution in [0.4, 0.5) is 0 Å². The van der Waals surface area contributed by atoms with Crippen molar-refractivity contribution in [2.24, 2.45) is 0 Å². The number of nitrogens with zero attached hydrogens (tertiary/aromatic N) is 3. The van der Waals surface area contributed by atoms with Gasteiger partial charge >= 0.3 is 5.97 Å². The van der Waals surface area contributed by atoms with Gasteiger partial charge in [0.2, 0.25) is 0 Å². The van der Waals surface area contributed by atoms with Crippen molar-refractivity contribution in [3.63, 3.8) is 0 Å². The van der Waals surface area contributed by atoms with E-state index in [1.807, 2.05) is 16.9 Å². The summed E-state index contributed by atoms with van der Waals surface area (Å²) in [5.41, 5.74) is 0.825. The monoisotopic (exact) mass is 275 g/mol. The highest BCUT2D eigenvalue weighted by atomic mass is 16.5. The van der Waals surface area contributed by atoms with Gasteiger partial charge in [-0.25, -0.2) is 9.78 Å². The minimum atomic E-state index is -1.05. The Bertz CT molecular complexity index is 578. The standard InChI is InChI=1S/C14H17N3O3/c1-3-10(2)17-7-6-11(16-17)9-20-12-4-5-13(14(18)19)15-8-12/h4-8,10H,3,9H2,1-2H3,(H,18,19). The lowest BCUT2D eigenvalue weighted by Crippen LogP contribution is -2.06. The van der Waals surface area contributed by atoms with E-state index in [2.05, 4.69) is 23.9 Å². The Morgan fingerprint density at radius 1 is 1.45 bits per heavy atom. The molecule has 1 atom stereocenters. The molecule has 2 aromatic rings. The van der Waals surface area contributed by atoms with Crippen LogP contribution in [0.1, 0.15) is 42.5 Å². The van der Waals surface area contributed by atoms with Gasteiger partial charge < -0.3 is 9.84 Å². The molecule has 1 N–H and O–H groups in total. The van der Waals surface area contributed by atoms with Crippen LogP contribution in [0, 0.1) is 0 Å². The quantitative estimate of drug-likeness (QED) is 0.876. The molecule has 2 aromatic heterocycles. The van der Waals surface area contributed by atoms with Crippen LogP contribution in [0.2, 0.25) is 0 Å². The highest BCUT2D eigenvalue weighted by Crippen LogP contribution is 2.13. The topological polar surface area (TPSA) is 77.2 Å². The van der Waals surface area contributed by atoms with Crippen molar-refractivity contribution in [2.45, 2.75) is 32.9 Å². The zero-order valence-electron chi connectivity index (χ0n) is 11.5. The third-order valence-corrected chi connectivity index (χ3v) is 3.05. The maximum absolute atomic E-state index is 10.7. The number of hydrogen-bond acceptors (Lipinski definition) is 4. The average molecular weight is 275 g/mol. The summed E-state index contributed by atoms with van der Waals surface area (Å²) in [5, 5.41) is 13.2. The van der Waals surface area contributed by atoms with Crippen molar-refractivity contribution >= 4 is 5.97 Å². The fourth-order valence-corrected chi connectivity index (χ4v) is 1.64. The number of carboxylic acids is 1. The van der Waals surface area contributed by atoms with Gasteiger partial charge in [0.05, 0.1) is 11.9 Å². The molecule has 6 nitrogen and oxygen atoms in total. The van der Waals surface area contributed by atoms with Crippen molar-refractivity contribution in [1.82, 2.24) is 14.8 Å². The van der Waals surface area contributed by atoms with Crippen molar-refractivity contribution in [1.29, 1.82) is 0 Å². The Morgan fingerprint density at radius 3 is 2.85 bits per heavy atom. The number of ether oxygens (including phenoxy) is 1. The van der Waals surface area contributed by atoms with Crippen LogP contribution in [0.3, 0.4) is 0 Å². The van der Waals surface area contributed by atoms with Crippen molar-refractivity contribution in [3.8, 4) is 5.75 Å².